The highest BCUT2D eigenvalue weighted by Crippen LogP contribution is 2.29. The second-order valence-corrected chi connectivity index (χ2v) is 7.79. The zero-order valence-electron chi connectivity index (χ0n) is 14.6. The molecule has 0 bridgehead atoms. The molecule has 25 heavy (non-hydrogen) atoms. The van der Waals surface area contributed by atoms with E-state index in [2.05, 4.69) is 16.9 Å². The van der Waals surface area contributed by atoms with Crippen LogP contribution in [0, 0.1) is 6.92 Å². The van der Waals surface area contributed by atoms with E-state index < -0.39 is 0 Å². The molecule has 1 fully saturated rings. The van der Waals surface area contributed by atoms with Gasteiger partial charge in [-0.3, -0.25) is 4.79 Å². The van der Waals surface area contributed by atoms with Gasteiger partial charge in [0, 0.05) is 19.0 Å². The summed E-state index contributed by atoms with van der Waals surface area (Å²) in [4.78, 5) is 28.5. The van der Waals surface area contributed by atoms with Crippen molar-refractivity contribution in [3.8, 4) is 0 Å². The highest BCUT2D eigenvalue weighted by Gasteiger charge is 2.29. The van der Waals surface area contributed by atoms with Crippen LogP contribution >= 0.6 is 11.3 Å². The van der Waals surface area contributed by atoms with Gasteiger partial charge in [-0.15, -0.1) is 11.3 Å². The molecule has 2 aromatic heterocycles. The zero-order chi connectivity index (χ0) is 17.4. The molecule has 1 N–H and O–H groups in total. The highest BCUT2D eigenvalue weighted by atomic mass is 32.1. The van der Waals surface area contributed by atoms with Gasteiger partial charge in [0.1, 0.15) is 10.7 Å². The molecule has 1 atom stereocenters. The van der Waals surface area contributed by atoms with Crippen molar-refractivity contribution in [3.05, 3.63) is 45.7 Å². The van der Waals surface area contributed by atoms with Gasteiger partial charge in [0.25, 0.3) is 5.91 Å². The molecular weight excluding hydrogens is 332 g/mol. The van der Waals surface area contributed by atoms with Gasteiger partial charge in [-0.25, -0.2) is 9.97 Å². The number of nitrogens with one attached hydrogen (secondary N) is 1. The Morgan fingerprint density at radius 2 is 2.20 bits per heavy atom. The van der Waals surface area contributed by atoms with Crippen LogP contribution in [0.4, 0.5) is 0 Å². The number of aromatic amines is 1. The van der Waals surface area contributed by atoms with Crippen LogP contribution in [0.2, 0.25) is 0 Å². The number of amides is 1. The first-order valence-corrected chi connectivity index (χ1v) is 9.67. The van der Waals surface area contributed by atoms with Crippen molar-refractivity contribution in [3.63, 3.8) is 0 Å². The third-order valence-electron chi connectivity index (χ3n) is 4.84. The van der Waals surface area contributed by atoms with Crippen molar-refractivity contribution in [1.82, 2.24) is 19.9 Å². The fraction of sp³-hybridized carbons (Fsp3) is 0.421. The number of benzene rings is 1. The molecule has 0 spiro atoms. The smallest absolute Gasteiger partial charge is 0.265 e. The number of fused-ring (bicyclic) bond motifs is 1. The number of para-hydroxylation sites is 2. The van der Waals surface area contributed by atoms with Crippen LogP contribution in [0.1, 0.15) is 51.9 Å². The van der Waals surface area contributed by atoms with Crippen molar-refractivity contribution >= 4 is 28.3 Å². The van der Waals surface area contributed by atoms with E-state index >= 15 is 0 Å². The van der Waals surface area contributed by atoms with Crippen LogP contribution in [0.15, 0.2) is 24.3 Å². The summed E-state index contributed by atoms with van der Waals surface area (Å²) in [5, 5.41) is 0.964. The van der Waals surface area contributed by atoms with Crippen LogP contribution in [-0.4, -0.2) is 38.8 Å². The molecule has 130 valence electrons. The number of hydrogen-bond acceptors (Lipinski definition) is 4. The quantitative estimate of drug-likeness (QED) is 0.776. The Bertz CT molecular complexity index is 880. The largest absolute Gasteiger partial charge is 0.342 e. The molecular formula is C19H22N4OS. The molecule has 3 aromatic rings. The van der Waals surface area contributed by atoms with E-state index in [4.69, 9.17) is 4.98 Å². The topological polar surface area (TPSA) is 61.9 Å². The zero-order valence-corrected chi connectivity index (χ0v) is 15.4. The first kappa shape index (κ1) is 16.3. The van der Waals surface area contributed by atoms with E-state index in [-0.39, 0.29) is 11.8 Å². The molecule has 0 saturated carbocycles. The van der Waals surface area contributed by atoms with Crippen molar-refractivity contribution in [2.45, 2.75) is 39.0 Å². The van der Waals surface area contributed by atoms with Crippen molar-refractivity contribution in [2.24, 2.45) is 0 Å². The van der Waals surface area contributed by atoms with E-state index in [1.807, 2.05) is 36.1 Å². The van der Waals surface area contributed by atoms with Gasteiger partial charge in [0.05, 0.1) is 21.7 Å². The maximum absolute atomic E-state index is 13.0. The number of aryl methyl sites for hydroxylation is 2. The van der Waals surface area contributed by atoms with Gasteiger partial charge >= 0.3 is 0 Å². The molecule has 1 aliphatic rings. The Morgan fingerprint density at radius 1 is 1.36 bits per heavy atom. The number of rotatable bonds is 3. The summed E-state index contributed by atoms with van der Waals surface area (Å²) in [6.07, 6.45) is 2.87. The molecule has 1 saturated heterocycles. The molecule has 0 aliphatic carbocycles. The number of carbonyl (C=O) groups is 1. The van der Waals surface area contributed by atoms with E-state index in [0.717, 1.165) is 64.8 Å². The van der Waals surface area contributed by atoms with E-state index in [1.165, 1.54) is 11.3 Å². The molecule has 4 rings (SSSR count). The lowest BCUT2D eigenvalue weighted by molar-refractivity contribution is 0.0708. The first-order chi connectivity index (χ1) is 12.2. The lowest BCUT2D eigenvalue weighted by Gasteiger charge is -2.31. The molecule has 0 unspecified atom stereocenters. The van der Waals surface area contributed by atoms with E-state index in [0.29, 0.717) is 0 Å². The van der Waals surface area contributed by atoms with E-state index in [1.54, 1.807) is 0 Å². The van der Waals surface area contributed by atoms with Gasteiger partial charge < -0.3 is 9.88 Å². The third-order valence-corrected chi connectivity index (χ3v) is 5.84. The average molecular weight is 354 g/mol. The normalized spacial score (nSPS) is 18.0. The van der Waals surface area contributed by atoms with Crippen LogP contribution in [0.25, 0.3) is 11.0 Å². The monoisotopic (exact) mass is 354 g/mol. The third kappa shape index (κ3) is 3.06. The van der Waals surface area contributed by atoms with Gasteiger partial charge in [-0.05, 0) is 38.3 Å². The van der Waals surface area contributed by atoms with Crippen LogP contribution in [0.5, 0.6) is 0 Å². The van der Waals surface area contributed by atoms with Crippen molar-refractivity contribution < 1.29 is 4.79 Å². The molecule has 1 aliphatic heterocycles. The maximum Gasteiger partial charge on any atom is 0.265 e. The Morgan fingerprint density at radius 3 is 3.00 bits per heavy atom. The molecule has 5 nitrogen and oxygen atoms in total. The minimum absolute atomic E-state index is 0.128. The summed E-state index contributed by atoms with van der Waals surface area (Å²) in [5.74, 6) is 1.39. The Hall–Kier alpha value is -2.21. The van der Waals surface area contributed by atoms with E-state index in [9.17, 15) is 4.79 Å². The summed E-state index contributed by atoms with van der Waals surface area (Å²) in [7, 11) is 0. The highest BCUT2D eigenvalue weighted by molar-refractivity contribution is 7.13. The number of imidazole rings is 1. The lowest BCUT2D eigenvalue weighted by atomic mass is 9.97. The van der Waals surface area contributed by atoms with Gasteiger partial charge in [-0.1, -0.05) is 19.1 Å². The second-order valence-electron chi connectivity index (χ2n) is 6.59. The summed E-state index contributed by atoms with van der Waals surface area (Å²) in [6, 6.07) is 8.08. The fourth-order valence-corrected chi connectivity index (χ4v) is 4.55. The van der Waals surface area contributed by atoms with Crippen LogP contribution < -0.4 is 0 Å². The maximum atomic E-state index is 13.0. The fourth-order valence-electron chi connectivity index (χ4n) is 3.57. The van der Waals surface area contributed by atoms with Crippen LogP contribution in [0.3, 0.4) is 0 Å². The SMILES string of the molecule is CCc1nc(C)sc1C(=O)N1CCC[C@H](c2nc3ccccc3[nH]2)C1. The molecule has 6 heteroatoms. The van der Waals surface area contributed by atoms with Gasteiger partial charge in [0.15, 0.2) is 0 Å². The molecule has 1 aromatic carbocycles. The van der Waals surface area contributed by atoms with Gasteiger partial charge in [-0.2, -0.15) is 0 Å². The Kier molecular flexibility index (Phi) is 4.29. The Balaban J connectivity index is 1.57. The van der Waals surface area contributed by atoms with Crippen LogP contribution in [-0.2, 0) is 6.42 Å². The molecule has 0 radical (unpaired) electrons. The standard InChI is InChI=1S/C19H22N4OS/c1-3-14-17(25-12(2)20-14)19(24)23-10-6-7-13(11-23)18-21-15-8-4-5-9-16(15)22-18/h4-5,8-9,13H,3,6-7,10-11H2,1-2H3,(H,21,22)/t13-/m0/s1. The lowest BCUT2D eigenvalue weighted by Crippen LogP contribution is -2.39. The number of piperidine rings is 1. The van der Waals surface area contributed by atoms with Gasteiger partial charge in [0.2, 0.25) is 0 Å². The second kappa shape index (κ2) is 6.59. The molecule has 3 heterocycles. The van der Waals surface area contributed by atoms with Crippen molar-refractivity contribution in [1.29, 1.82) is 0 Å². The minimum atomic E-state index is 0.128. The summed E-state index contributed by atoms with van der Waals surface area (Å²) >= 11 is 1.52. The number of thiazole rings is 1. The number of likely N-dealkylation sites (tertiary alicyclic amines) is 1. The minimum Gasteiger partial charge on any atom is -0.342 e. The number of hydrogen-bond donors (Lipinski definition) is 1. The number of carbonyl (C=O) groups excluding carboxylic acids is 1. The van der Waals surface area contributed by atoms with Crippen molar-refractivity contribution in [2.75, 3.05) is 13.1 Å². The predicted molar refractivity (Wildman–Crippen MR) is 100 cm³/mol. The average Bonchev–Trinajstić information content (AvgIpc) is 3.24. The summed E-state index contributed by atoms with van der Waals surface area (Å²) in [6.45, 7) is 5.56. The first-order valence-electron chi connectivity index (χ1n) is 8.86. The number of aromatic nitrogens is 3. The summed E-state index contributed by atoms with van der Waals surface area (Å²) < 4.78 is 0. The number of nitrogens with zero attached hydrogens (tertiary/aromatic N) is 3. The molecule has 1 amide bonds. The Labute approximate surface area is 151 Å². The number of H-pyrrole nitrogens is 1. The predicted octanol–water partition coefficient (Wildman–Crippen LogP) is 3.91. The summed E-state index contributed by atoms with van der Waals surface area (Å²) in [5.41, 5.74) is 2.98.